The zero-order valence-electron chi connectivity index (χ0n) is 12.6. The minimum Gasteiger partial charge on any atom is -0.459 e. The maximum Gasteiger partial charge on any atom is 0.283 e. The molecule has 0 aliphatic carbocycles. The Morgan fingerprint density at radius 3 is 2.95 bits per heavy atom. The summed E-state index contributed by atoms with van der Waals surface area (Å²) >= 11 is 0. The van der Waals surface area contributed by atoms with E-state index < -0.39 is 0 Å². The predicted octanol–water partition coefficient (Wildman–Crippen LogP) is 2.29. The van der Waals surface area contributed by atoms with Crippen molar-refractivity contribution >= 4 is 0 Å². The minimum absolute atomic E-state index is 0.449. The number of nitrogens with zero attached hydrogens (tertiary/aromatic N) is 3. The number of hydrogen-bond donors (Lipinski definition) is 1. The molecule has 0 bridgehead atoms. The van der Waals surface area contributed by atoms with Crippen LogP contribution in [0.15, 0.2) is 27.2 Å². The second-order valence-corrected chi connectivity index (χ2v) is 5.48. The topological polar surface area (TPSA) is 67.3 Å². The normalized spacial score (nSPS) is 23.5. The molecule has 3 rings (SSSR count). The van der Waals surface area contributed by atoms with Gasteiger partial charge in [-0.25, -0.2) is 0 Å². The summed E-state index contributed by atoms with van der Waals surface area (Å²) in [6, 6.07) is 4.70. The van der Waals surface area contributed by atoms with Gasteiger partial charge in [0.2, 0.25) is 5.89 Å². The van der Waals surface area contributed by atoms with E-state index in [1.54, 1.807) is 6.26 Å². The lowest BCUT2D eigenvalue weighted by molar-refractivity contribution is 0.107. The van der Waals surface area contributed by atoms with Crippen molar-refractivity contribution < 1.29 is 8.83 Å². The summed E-state index contributed by atoms with van der Waals surface area (Å²) in [4.78, 5) is 2.43. The fourth-order valence-corrected chi connectivity index (χ4v) is 2.79. The molecule has 2 atom stereocenters. The van der Waals surface area contributed by atoms with Crippen LogP contribution < -0.4 is 5.32 Å². The van der Waals surface area contributed by atoms with Crippen LogP contribution in [0.4, 0.5) is 0 Å². The number of piperazine rings is 1. The molecule has 1 aliphatic rings. The van der Waals surface area contributed by atoms with Gasteiger partial charge in [-0.2, -0.15) is 0 Å². The van der Waals surface area contributed by atoms with E-state index in [1.165, 1.54) is 0 Å². The van der Waals surface area contributed by atoms with Gasteiger partial charge in [-0.05, 0) is 25.0 Å². The van der Waals surface area contributed by atoms with E-state index in [-0.39, 0.29) is 0 Å². The van der Waals surface area contributed by atoms with Gasteiger partial charge < -0.3 is 14.2 Å². The highest BCUT2D eigenvalue weighted by Crippen LogP contribution is 2.20. The van der Waals surface area contributed by atoms with Crippen molar-refractivity contribution in [3.63, 3.8) is 0 Å². The van der Waals surface area contributed by atoms with Crippen LogP contribution in [-0.2, 0) is 6.54 Å². The molecule has 6 nitrogen and oxygen atoms in total. The number of aromatic nitrogens is 2. The van der Waals surface area contributed by atoms with Crippen LogP contribution in [0.5, 0.6) is 0 Å². The third kappa shape index (κ3) is 3.16. The van der Waals surface area contributed by atoms with Gasteiger partial charge in [-0.15, -0.1) is 10.2 Å². The number of rotatable bonds is 5. The fraction of sp³-hybridized carbons (Fsp3) is 0.600. The first-order chi connectivity index (χ1) is 10.3. The predicted molar refractivity (Wildman–Crippen MR) is 78.6 cm³/mol. The lowest BCUT2D eigenvalue weighted by atomic mass is 10.1. The summed E-state index contributed by atoms with van der Waals surface area (Å²) in [5.41, 5.74) is 0. The molecule has 0 radical (unpaired) electrons. The summed E-state index contributed by atoms with van der Waals surface area (Å²) in [6.07, 6.45) is 3.85. The largest absolute Gasteiger partial charge is 0.459 e. The molecule has 1 saturated heterocycles. The van der Waals surface area contributed by atoms with Gasteiger partial charge in [0.1, 0.15) is 0 Å². The summed E-state index contributed by atoms with van der Waals surface area (Å²) < 4.78 is 11.0. The third-order valence-corrected chi connectivity index (χ3v) is 4.11. The van der Waals surface area contributed by atoms with E-state index in [0.717, 1.165) is 25.9 Å². The Kier molecular flexibility index (Phi) is 4.36. The Hall–Kier alpha value is -1.66. The second-order valence-electron chi connectivity index (χ2n) is 5.48. The highest BCUT2D eigenvalue weighted by molar-refractivity contribution is 5.42. The molecule has 1 fully saturated rings. The van der Waals surface area contributed by atoms with Crippen molar-refractivity contribution in [1.29, 1.82) is 0 Å². The average molecular weight is 290 g/mol. The number of nitrogens with one attached hydrogen (secondary N) is 1. The molecule has 2 unspecified atom stereocenters. The van der Waals surface area contributed by atoms with Crippen LogP contribution in [-0.4, -0.2) is 40.3 Å². The van der Waals surface area contributed by atoms with Gasteiger partial charge >= 0.3 is 0 Å². The van der Waals surface area contributed by atoms with Gasteiger partial charge in [0, 0.05) is 25.2 Å². The monoisotopic (exact) mass is 290 g/mol. The molecule has 6 heteroatoms. The smallest absolute Gasteiger partial charge is 0.283 e. The van der Waals surface area contributed by atoms with E-state index >= 15 is 0 Å². The van der Waals surface area contributed by atoms with Crippen molar-refractivity contribution in [3.8, 4) is 11.7 Å². The van der Waals surface area contributed by atoms with E-state index in [9.17, 15) is 0 Å². The van der Waals surface area contributed by atoms with E-state index in [1.807, 2.05) is 12.1 Å². The van der Waals surface area contributed by atoms with Crippen LogP contribution in [0.1, 0.15) is 32.6 Å². The lowest BCUT2D eigenvalue weighted by Crippen LogP contribution is -2.55. The molecular weight excluding hydrogens is 268 g/mol. The van der Waals surface area contributed by atoms with Crippen molar-refractivity contribution in [2.24, 2.45) is 0 Å². The van der Waals surface area contributed by atoms with Crippen molar-refractivity contribution in [2.75, 3.05) is 13.1 Å². The van der Waals surface area contributed by atoms with E-state index in [2.05, 4.69) is 34.3 Å². The molecule has 0 aromatic carbocycles. The number of furan rings is 1. The zero-order valence-corrected chi connectivity index (χ0v) is 12.6. The lowest BCUT2D eigenvalue weighted by Gasteiger charge is -2.39. The van der Waals surface area contributed by atoms with Crippen molar-refractivity contribution in [1.82, 2.24) is 20.4 Å². The highest BCUT2D eigenvalue weighted by atomic mass is 16.4. The maximum atomic E-state index is 5.71. The molecule has 114 valence electrons. The Labute approximate surface area is 124 Å². The van der Waals surface area contributed by atoms with Gasteiger partial charge in [-0.3, -0.25) is 4.90 Å². The highest BCUT2D eigenvalue weighted by Gasteiger charge is 2.27. The summed E-state index contributed by atoms with van der Waals surface area (Å²) in [6.45, 7) is 7.17. The number of hydrogen-bond acceptors (Lipinski definition) is 6. The van der Waals surface area contributed by atoms with E-state index in [0.29, 0.717) is 36.2 Å². The molecule has 2 aromatic heterocycles. The van der Waals surface area contributed by atoms with Crippen LogP contribution in [0.25, 0.3) is 11.7 Å². The molecule has 1 aliphatic heterocycles. The molecule has 2 aromatic rings. The van der Waals surface area contributed by atoms with Crippen LogP contribution in [0.3, 0.4) is 0 Å². The summed E-state index contributed by atoms with van der Waals surface area (Å²) in [5.74, 6) is 1.72. The molecule has 0 spiro atoms. The van der Waals surface area contributed by atoms with Crippen LogP contribution in [0.2, 0.25) is 0 Å². The Morgan fingerprint density at radius 2 is 2.24 bits per heavy atom. The molecule has 1 N–H and O–H groups in total. The molecule has 21 heavy (non-hydrogen) atoms. The first-order valence-corrected chi connectivity index (χ1v) is 7.63. The van der Waals surface area contributed by atoms with Gasteiger partial charge in [-0.1, -0.05) is 13.8 Å². The zero-order chi connectivity index (χ0) is 14.7. The Morgan fingerprint density at radius 1 is 1.33 bits per heavy atom. The van der Waals surface area contributed by atoms with Crippen molar-refractivity contribution in [3.05, 3.63) is 24.3 Å². The van der Waals surface area contributed by atoms with Gasteiger partial charge in [0.15, 0.2) is 5.76 Å². The second kappa shape index (κ2) is 6.41. The van der Waals surface area contributed by atoms with Crippen molar-refractivity contribution in [2.45, 2.75) is 45.3 Å². The van der Waals surface area contributed by atoms with Gasteiger partial charge in [0.25, 0.3) is 5.89 Å². The minimum atomic E-state index is 0.449. The molecule has 3 heterocycles. The SMILES string of the molecule is CCC1CN(Cc2nnc(-c3ccco3)o2)C(CC)CN1. The molecular formula is C15H22N4O2. The summed E-state index contributed by atoms with van der Waals surface area (Å²) in [5, 5.41) is 11.8. The van der Waals surface area contributed by atoms with Crippen LogP contribution >= 0.6 is 0 Å². The Balaban J connectivity index is 1.69. The molecule has 0 saturated carbocycles. The first kappa shape index (κ1) is 14.3. The Bertz CT molecular complexity index is 552. The fourth-order valence-electron chi connectivity index (χ4n) is 2.79. The third-order valence-electron chi connectivity index (χ3n) is 4.11. The summed E-state index contributed by atoms with van der Waals surface area (Å²) in [7, 11) is 0. The quantitative estimate of drug-likeness (QED) is 0.911. The maximum absolute atomic E-state index is 5.71. The van der Waals surface area contributed by atoms with Gasteiger partial charge in [0.05, 0.1) is 12.8 Å². The van der Waals surface area contributed by atoms with E-state index in [4.69, 9.17) is 8.83 Å². The van der Waals surface area contributed by atoms with Crippen LogP contribution in [0, 0.1) is 0 Å². The molecule has 0 amide bonds. The standard InChI is InChI=1S/C15H22N4O2/c1-3-11-9-19(12(4-2)8-16-11)10-14-17-18-15(21-14)13-6-5-7-20-13/h5-7,11-12,16H,3-4,8-10H2,1-2H3. The first-order valence-electron chi connectivity index (χ1n) is 7.63. The average Bonchev–Trinajstić information content (AvgIpc) is 3.18.